The summed E-state index contributed by atoms with van der Waals surface area (Å²) in [6, 6.07) is 6.16. The highest BCUT2D eigenvalue weighted by molar-refractivity contribution is 7.17. The Bertz CT molecular complexity index is 381. The van der Waals surface area contributed by atoms with Crippen LogP contribution in [0.5, 0.6) is 0 Å². The Hall–Kier alpha value is -1.09. The summed E-state index contributed by atoms with van der Waals surface area (Å²) in [7, 11) is 0. The number of aromatic nitrogens is 1. The fraction of sp³-hybridized carbons (Fsp3) is 0.222. The highest BCUT2D eigenvalue weighted by atomic mass is 32.1. The van der Waals surface area contributed by atoms with Gasteiger partial charge >= 0.3 is 0 Å². The van der Waals surface area contributed by atoms with Crippen molar-refractivity contribution < 1.29 is 0 Å². The van der Waals surface area contributed by atoms with Crippen LogP contribution < -0.4 is 5.32 Å². The van der Waals surface area contributed by atoms with Crippen molar-refractivity contribution in [2.45, 2.75) is 6.92 Å². The Labute approximate surface area is 75.3 Å². The van der Waals surface area contributed by atoms with Gasteiger partial charge in [-0.15, -0.1) is 11.3 Å². The van der Waals surface area contributed by atoms with E-state index in [1.165, 1.54) is 4.70 Å². The monoisotopic (exact) mass is 178 g/mol. The standard InChI is InChI=1S/C9H10N2S/c1-2-10-9-4-3-8-7(11-9)5-6-12-8/h3-6H,2H2,1H3,(H,10,11). The molecule has 0 aliphatic rings. The fourth-order valence-corrected chi connectivity index (χ4v) is 1.86. The third kappa shape index (κ3) is 1.28. The third-order valence-electron chi connectivity index (χ3n) is 1.66. The molecule has 0 atom stereocenters. The molecular formula is C9H10N2S. The zero-order valence-corrected chi connectivity index (χ0v) is 7.69. The molecule has 0 aliphatic carbocycles. The number of hydrogen-bond donors (Lipinski definition) is 1. The van der Waals surface area contributed by atoms with E-state index >= 15 is 0 Å². The summed E-state index contributed by atoms with van der Waals surface area (Å²) in [6.45, 7) is 2.99. The van der Waals surface area contributed by atoms with Crippen molar-refractivity contribution in [3.05, 3.63) is 23.6 Å². The van der Waals surface area contributed by atoms with Crippen LogP contribution in [0.4, 0.5) is 5.82 Å². The lowest BCUT2D eigenvalue weighted by atomic mass is 10.4. The number of rotatable bonds is 2. The number of nitrogens with one attached hydrogen (secondary N) is 1. The van der Waals surface area contributed by atoms with Crippen molar-refractivity contribution in [1.29, 1.82) is 0 Å². The van der Waals surface area contributed by atoms with Crippen LogP contribution in [-0.2, 0) is 0 Å². The maximum atomic E-state index is 4.42. The average molecular weight is 178 g/mol. The van der Waals surface area contributed by atoms with Crippen molar-refractivity contribution in [3.63, 3.8) is 0 Å². The zero-order chi connectivity index (χ0) is 8.39. The highest BCUT2D eigenvalue weighted by Crippen LogP contribution is 2.20. The van der Waals surface area contributed by atoms with Crippen LogP contribution >= 0.6 is 11.3 Å². The predicted molar refractivity (Wildman–Crippen MR) is 53.8 cm³/mol. The summed E-state index contributed by atoms with van der Waals surface area (Å²) < 4.78 is 1.25. The number of fused-ring (bicyclic) bond motifs is 1. The van der Waals surface area contributed by atoms with Gasteiger partial charge in [0.25, 0.3) is 0 Å². The molecule has 2 aromatic heterocycles. The number of hydrogen-bond acceptors (Lipinski definition) is 3. The molecule has 0 saturated carbocycles. The van der Waals surface area contributed by atoms with Crippen molar-refractivity contribution in [2.75, 3.05) is 11.9 Å². The maximum Gasteiger partial charge on any atom is 0.126 e. The van der Waals surface area contributed by atoms with Crippen LogP contribution in [-0.4, -0.2) is 11.5 Å². The van der Waals surface area contributed by atoms with E-state index in [2.05, 4.69) is 28.7 Å². The first kappa shape index (κ1) is 7.55. The van der Waals surface area contributed by atoms with Crippen molar-refractivity contribution in [2.24, 2.45) is 0 Å². The van der Waals surface area contributed by atoms with Gasteiger partial charge < -0.3 is 5.32 Å². The van der Waals surface area contributed by atoms with E-state index in [-0.39, 0.29) is 0 Å². The SMILES string of the molecule is CCNc1ccc2sccc2n1. The molecule has 2 heterocycles. The third-order valence-corrected chi connectivity index (χ3v) is 2.54. The second-order valence-corrected chi connectivity index (χ2v) is 3.48. The number of nitrogens with zero attached hydrogens (tertiary/aromatic N) is 1. The molecule has 0 unspecified atom stereocenters. The Balaban J connectivity index is 2.46. The molecule has 1 N–H and O–H groups in total. The molecular weight excluding hydrogens is 168 g/mol. The summed E-state index contributed by atoms with van der Waals surface area (Å²) in [5.74, 6) is 0.961. The number of anilines is 1. The lowest BCUT2D eigenvalue weighted by molar-refractivity contribution is 1.18. The summed E-state index contributed by atoms with van der Waals surface area (Å²) >= 11 is 1.72. The van der Waals surface area contributed by atoms with E-state index in [1.54, 1.807) is 11.3 Å². The van der Waals surface area contributed by atoms with Gasteiger partial charge in [0.1, 0.15) is 5.82 Å². The topological polar surface area (TPSA) is 24.9 Å². The summed E-state index contributed by atoms with van der Waals surface area (Å²) in [6.07, 6.45) is 0. The minimum atomic E-state index is 0.919. The molecule has 0 saturated heterocycles. The van der Waals surface area contributed by atoms with Gasteiger partial charge in [0.2, 0.25) is 0 Å². The van der Waals surface area contributed by atoms with Gasteiger partial charge in [-0.3, -0.25) is 0 Å². The summed E-state index contributed by atoms with van der Waals surface area (Å²) in [5.41, 5.74) is 1.08. The van der Waals surface area contributed by atoms with E-state index in [9.17, 15) is 0 Å². The molecule has 0 fully saturated rings. The minimum Gasteiger partial charge on any atom is -0.370 e. The number of pyridine rings is 1. The van der Waals surface area contributed by atoms with Crippen molar-refractivity contribution in [1.82, 2.24) is 4.98 Å². The van der Waals surface area contributed by atoms with E-state index in [0.717, 1.165) is 17.9 Å². The second kappa shape index (κ2) is 3.11. The molecule has 2 nitrogen and oxygen atoms in total. The molecule has 3 heteroatoms. The lowest BCUT2D eigenvalue weighted by Crippen LogP contribution is -1.97. The van der Waals surface area contributed by atoms with E-state index in [1.807, 2.05) is 12.1 Å². The Morgan fingerprint density at radius 1 is 1.42 bits per heavy atom. The molecule has 2 aromatic rings. The van der Waals surface area contributed by atoms with Gasteiger partial charge in [-0.2, -0.15) is 0 Å². The predicted octanol–water partition coefficient (Wildman–Crippen LogP) is 2.73. The van der Waals surface area contributed by atoms with Gasteiger partial charge in [0, 0.05) is 6.54 Å². The van der Waals surface area contributed by atoms with Crippen LogP contribution in [0.15, 0.2) is 23.6 Å². The van der Waals surface area contributed by atoms with Crippen molar-refractivity contribution in [3.8, 4) is 0 Å². The molecule has 0 radical (unpaired) electrons. The quantitative estimate of drug-likeness (QED) is 0.764. The van der Waals surface area contributed by atoms with Gasteiger partial charge in [0.05, 0.1) is 10.2 Å². The van der Waals surface area contributed by atoms with Gasteiger partial charge in [0.15, 0.2) is 0 Å². The van der Waals surface area contributed by atoms with Gasteiger partial charge in [-0.05, 0) is 30.5 Å². The maximum absolute atomic E-state index is 4.42. The van der Waals surface area contributed by atoms with Gasteiger partial charge in [-0.25, -0.2) is 4.98 Å². The molecule has 62 valence electrons. The van der Waals surface area contributed by atoms with E-state index in [4.69, 9.17) is 0 Å². The summed E-state index contributed by atoms with van der Waals surface area (Å²) in [4.78, 5) is 4.42. The molecule has 0 bridgehead atoms. The van der Waals surface area contributed by atoms with Crippen LogP contribution in [0.1, 0.15) is 6.92 Å². The fourth-order valence-electron chi connectivity index (χ4n) is 1.13. The molecule has 0 amide bonds. The number of thiophene rings is 1. The van der Waals surface area contributed by atoms with E-state index in [0.29, 0.717) is 0 Å². The first-order valence-electron chi connectivity index (χ1n) is 3.98. The van der Waals surface area contributed by atoms with Gasteiger partial charge in [-0.1, -0.05) is 0 Å². The Morgan fingerprint density at radius 2 is 2.33 bits per heavy atom. The first-order valence-corrected chi connectivity index (χ1v) is 4.86. The Kier molecular flexibility index (Phi) is 1.96. The highest BCUT2D eigenvalue weighted by Gasteiger charge is 1.96. The Morgan fingerprint density at radius 3 is 3.17 bits per heavy atom. The van der Waals surface area contributed by atoms with Crippen LogP contribution in [0, 0.1) is 0 Å². The van der Waals surface area contributed by atoms with Crippen LogP contribution in [0.2, 0.25) is 0 Å². The normalized spacial score (nSPS) is 10.4. The lowest BCUT2D eigenvalue weighted by Gasteiger charge is -2.00. The van der Waals surface area contributed by atoms with E-state index < -0.39 is 0 Å². The zero-order valence-electron chi connectivity index (χ0n) is 6.87. The summed E-state index contributed by atoms with van der Waals surface area (Å²) in [5, 5.41) is 5.25. The molecule has 0 aliphatic heterocycles. The molecule has 0 aromatic carbocycles. The average Bonchev–Trinajstić information content (AvgIpc) is 2.51. The second-order valence-electron chi connectivity index (χ2n) is 2.53. The van der Waals surface area contributed by atoms with Crippen molar-refractivity contribution >= 4 is 27.4 Å². The van der Waals surface area contributed by atoms with Crippen LogP contribution in [0.25, 0.3) is 10.2 Å². The minimum absolute atomic E-state index is 0.919. The van der Waals surface area contributed by atoms with Crippen LogP contribution in [0.3, 0.4) is 0 Å². The largest absolute Gasteiger partial charge is 0.370 e. The smallest absolute Gasteiger partial charge is 0.126 e. The molecule has 2 rings (SSSR count). The first-order chi connectivity index (χ1) is 5.90. The molecule has 12 heavy (non-hydrogen) atoms. The molecule has 0 spiro atoms.